The van der Waals surface area contributed by atoms with Crippen LogP contribution in [0, 0.1) is 5.92 Å². The second-order valence-electron chi connectivity index (χ2n) is 8.47. The maximum Gasteiger partial charge on any atom is 0.306 e. The van der Waals surface area contributed by atoms with Crippen LogP contribution in [0.15, 0.2) is 54.6 Å². The molecule has 0 atom stereocenters. The van der Waals surface area contributed by atoms with Crippen molar-refractivity contribution in [2.24, 2.45) is 5.92 Å². The summed E-state index contributed by atoms with van der Waals surface area (Å²) in [7, 11) is 1.65. The lowest BCUT2D eigenvalue weighted by Gasteiger charge is -2.25. The molecule has 1 saturated carbocycles. The Kier molecular flexibility index (Phi) is 6.11. The van der Waals surface area contributed by atoms with Crippen molar-refractivity contribution < 1.29 is 19.4 Å². The number of hydrogen-bond donors (Lipinski definition) is 2. The molecule has 0 aliphatic heterocycles. The molecular formula is C26H24ClN3O4. The summed E-state index contributed by atoms with van der Waals surface area (Å²) in [6, 6.07) is 18.1. The van der Waals surface area contributed by atoms with Crippen LogP contribution in [0.1, 0.15) is 25.7 Å². The van der Waals surface area contributed by atoms with E-state index in [1.54, 1.807) is 13.2 Å². The predicted octanol–water partition coefficient (Wildman–Crippen LogP) is 5.98. The highest BCUT2D eigenvalue weighted by Crippen LogP contribution is 2.32. The standard InChI is InChI=1S/C26H24ClN3O4/c1-33-19-10-6-16(7-11-19)15-2-4-17(5-3-15)23-21(27)14-22-24(29-23)30-26(28-22)34-20-12-8-18(9-13-20)25(31)32/h2-7,10-11,14,18,20H,8-9,12-13H2,1H3,(H,31,32)(H,28,29,30)/t18-,20-. The predicted molar refractivity (Wildman–Crippen MR) is 130 cm³/mol. The van der Waals surface area contributed by atoms with E-state index in [2.05, 4.69) is 15.0 Å². The molecular weight excluding hydrogens is 454 g/mol. The summed E-state index contributed by atoms with van der Waals surface area (Å²) < 4.78 is 11.2. The summed E-state index contributed by atoms with van der Waals surface area (Å²) in [4.78, 5) is 23.4. The number of ether oxygens (including phenoxy) is 2. The Balaban J connectivity index is 1.34. The fraction of sp³-hybridized carbons (Fsp3) is 0.269. The SMILES string of the molecule is COc1ccc(-c2ccc(-c3nc4nc(O[C@H]5CC[C@H](C(=O)O)CC5)[nH]c4cc3Cl)cc2)cc1. The molecule has 34 heavy (non-hydrogen) atoms. The number of aromatic amines is 1. The first-order chi connectivity index (χ1) is 16.5. The van der Waals surface area contributed by atoms with Crippen LogP contribution in [0.5, 0.6) is 11.8 Å². The number of aliphatic carboxylic acids is 1. The minimum absolute atomic E-state index is 0.0587. The zero-order valence-corrected chi connectivity index (χ0v) is 19.4. The molecule has 0 spiro atoms. The average Bonchev–Trinajstić information content (AvgIpc) is 3.25. The fourth-order valence-corrected chi connectivity index (χ4v) is 4.60. The Hall–Kier alpha value is -3.58. The summed E-state index contributed by atoms with van der Waals surface area (Å²) in [6.45, 7) is 0. The molecule has 4 aromatic rings. The third-order valence-corrected chi connectivity index (χ3v) is 6.58. The Morgan fingerprint density at radius 2 is 1.59 bits per heavy atom. The molecule has 174 valence electrons. The number of methoxy groups -OCH3 is 1. The number of H-pyrrole nitrogens is 1. The van der Waals surface area contributed by atoms with Crippen LogP contribution in [-0.2, 0) is 4.79 Å². The van der Waals surface area contributed by atoms with Crippen molar-refractivity contribution in [2.45, 2.75) is 31.8 Å². The minimum atomic E-state index is -0.731. The number of imidazole rings is 1. The second-order valence-corrected chi connectivity index (χ2v) is 8.87. The van der Waals surface area contributed by atoms with E-state index < -0.39 is 5.97 Å². The van der Waals surface area contributed by atoms with Crippen LogP contribution in [0.3, 0.4) is 0 Å². The van der Waals surface area contributed by atoms with Crippen LogP contribution >= 0.6 is 11.6 Å². The smallest absolute Gasteiger partial charge is 0.306 e. The lowest BCUT2D eigenvalue weighted by Crippen LogP contribution is -2.28. The third kappa shape index (κ3) is 4.56. The van der Waals surface area contributed by atoms with Gasteiger partial charge in [-0.15, -0.1) is 0 Å². The van der Waals surface area contributed by atoms with Gasteiger partial charge in [0, 0.05) is 5.56 Å². The van der Waals surface area contributed by atoms with Crippen LogP contribution < -0.4 is 9.47 Å². The van der Waals surface area contributed by atoms with Gasteiger partial charge in [0.2, 0.25) is 0 Å². The van der Waals surface area contributed by atoms with Crippen molar-refractivity contribution in [3.05, 3.63) is 59.6 Å². The molecule has 1 fully saturated rings. The highest BCUT2D eigenvalue weighted by atomic mass is 35.5. The summed E-state index contributed by atoms with van der Waals surface area (Å²) in [5, 5.41) is 9.68. The lowest BCUT2D eigenvalue weighted by atomic mass is 9.87. The molecule has 7 nitrogen and oxygen atoms in total. The number of aromatic nitrogens is 3. The van der Waals surface area contributed by atoms with Crippen molar-refractivity contribution >= 4 is 28.7 Å². The fourth-order valence-electron chi connectivity index (χ4n) is 4.34. The number of carbonyl (C=O) groups is 1. The lowest BCUT2D eigenvalue weighted by molar-refractivity contribution is -0.143. The van der Waals surface area contributed by atoms with Crippen molar-refractivity contribution in [3.8, 4) is 34.1 Å². The number of nitrogens with zero attached hydrogens (tertiary/aromatic N) is 2. The van der Waals surface area contributed by atoms with Crippen molar-refractivity contribution in [2.75, 3.05) is 7.11 Å². The quantitative estimate of drug-likeness (QED) is 0.354. The van der Waals surface area contributed by atoms with E-state index in [0.717, 1.165) is 22.4 Å². The zero-order valence-electron chi connectivity index (χ0n) is 18.6. The van der Waals surface area contributed by atoms with E-state index in [9.17, 15) is 4.79 Å². The molecule has 0 bridgehead atoms. The molecule has 2 aromatic carbocycles. The number of carboxylic acid groups (broad SMARTS) is 1. The first-order valence-electron chi connectivity index (χ1n) is 11.2. The number of pyridine rings is 1. The van der Waals surface area contributed by atoms with Gasteiger partial charge >= 0.3 is 5.97 Å². The number of benzene rings is 2. The number of fused-ring (bicyclic) bond motifs is 1. The zero-order chi connectivity index (χ0) is 23.7. The van der Waals surface area contributed by atoms with E-state index in [4.69, 9.17) is 26.2 Å². The molecule has 5 rings (SSSR count). The van der Waals surface area contributed by atoms with Crippen LogP contribution in [0.2, 0.25) is 5.02 Å². The number of hydrogen-bond acceptors (Lipinski definition) is 5. The molecule has 0 radical (unpaired) electrons. The van der Waals surface area contributed by atoms with Crippen molar-refractivity contribution in [3.63, 3.8) is 0 Å². The minimum Gasteiger partial charge on any atom is -0.497 e. The van der Waals surface area contributed by atoms with Crippen LogP contribution in [0.4, 0.5) is 0 Å². The molecule has 0 unspecified atom stereocenters. The molecule has 1 aliphatic carbocycles. The number of halogens is 1. The maximum atomic E-state index is 11.1. The summed E-state index contributed by atoms with van der Waals surface area (Å²) in [6.07, 6.45) is 2.54. The van der Waals surface area contributed by atoms with Gasteiger partial charge in [-0.25, -0.2) is 4.98 Å². The van der Waals surface area contributed by atoms with E-state index in [-0.39, 0.29) is 12.0 Å². The van der Waals surface area contributed by atoms with Gasteiger partial charge in [0.1, 0.15) is 11.9 Å². The molecule has 1 aliphatic rings. The summed E-state index contributed by atoms with van der Waals surface area (Å²) >= 11 is 6.55. The van der Waals surface area contributed by atoms with Crippen molar-refractivity contribution in [1.29, 1.82) is 0 Å². The van der Waals surface area contributed by atoms with Gasteiger partial charge in [0.15, 0.2) is 5.65 Å². The van der Waals surface area contributed by atoms with Gasteiger partial charge in [-0.05, 0) is 55.0 Å². The monoisotopic (exact) mass is 477 g/mol. The Bertz CT molecular complexity index is 1310. The molecule has 2 heterocycles. The Labute approximate surface area is 201 Å². The first-order valence-corrected chi connectivity index (χ1v) is 11.6. The number of nitrogens with one attached hydrogen (secondary N) is 1. The van der Waals surface area contributed by atoms with Crippen molar-refractivity contribution in [1.82, 2.24) is 15.0 Å². The third-order valence-electron chi connectivity index (χ3n) is 6.29. The van der Waals surface area contributed by atoms with Crippen LogP contribution in [-0.4, -0.2) is 39.2 Å². The summed E-state index contributed by atoms with van der Waals surface area (Å²) in [5.74, 6) is -0.194. The molecule has 0 saturated heterocycles. The van der Waals surface area contributed by atoms with Crippen LogP contribution in [0.25, 0.3) is 33.5 Å². The normalized spacial score (nSPS) is 18.1. The van der Waals surface area contributed by atoms with E-state index in [1.165, 1.54) is 0 Å². The topological polar surface area (TPSA) is 97.3 Å². The van der Waals surface area contributed by atoms with Gasteiger partial charge in [0.05, 0.1) is 29.3 Å². The number of rotatable bonds is 6. The van der Waals surface area contributed by atoms with E-state index in [1.807, 2.05) is 48.5 Å². The van der Waals surface area contributed by atoms with E-state index >= 15 is 0 Å². The van der Waals surface area contributed by atoms with Gasteiger partial charge in [-0.1, -0.05) is 48.0 Å². The number of carboxylic acids is 1. The maximum absolute atomic E-state index is 11.1. The Morgan fingerprint density at radius 1 is 0.971 bits per heavy atom. The van der Waals surface area contributed by atoms with Gasteiger partial charge in [-0.2, -0.15) is 4.98 Å². The molecule has 0 amide bonds. The molecule has 2 N–H and O–H groups in total. The van der Waals surface area contributed by atoms with Gasteiger partial charge in [0.25, 0.3) is 6.01 Å². The highest BCUT2D eigenvalue weighted by Gasteiger charge is 2.27. The Morgan fingerprint density at radius 3 is 2.21 bits per heavy atom. The summed E-state index contributed by atoms with van der Waals surface area (Å²) in [5.41, 5.74) is 4.92. The largest absolute Gasteiger partial charge is 0.497 e. The average molecular weight is 478 g/mol. The van der Waals surface area contributed by atoms with Gasteiger partial charge in [-0.3, -0.25) is 4.79 Å². The highest BCUT2D eigenvalue weighted by molar-refractivity contribution is 6.33. The second kappa shape index (κ2) is 9.35. The molecule has 8 heteroatoms. The first kappa shape index (κ1) is 22.2. The van der Waals surface area contributed by atoms with E-state index in [0.29, 0.717) is 53.6 Å². The van der Waals surface area contributed by atoms with Gasteiger partial charge < -0.3 is 19.6 Å². The molecule has 2 aromatic heterocycles.